The number of benzene rings is 2. The first-order valence-corrected chi connectivity index (χ1v) is 10.3. The van der Waals surface area contributed by atoms with E-state index >= 15 is 0 Å². The van der Waals surface area contributed by atoms with Crippen LogP contribution in [0.3, 0.4) is 0 Å². The van der Waals surface area contributed by atoms with Crippen LogP contribution < -0.4 is 5.32 Å². The van der Waals surface area contributed by atoms with E-state index in [1.165, 1.54) is 17.5 Å². The lowest BCUT2D eigenvalue weighted by Crippen LogP contribution is -2.28. The molecule has 1 aliphatic rings. The molecule has 1 atom stereocenters. The Kier molecular flexibility index (Phi) is 8.68. The smallest absolute Gasteiger partial charge is 0.255 e. The van der Waals surface area contributed by atoms with Gasteiger partial charge in [0.25, 0.3) is 5.91 Å². The first kappa shape index (κ1) is 22.1. The van der Waals surface area contributed by atoms with Gasteiger partial charge in [-0.05, 0) is 74.7 Å². The van der Waals surface area contributed by atoms with Crippen LogP contribution in [-0.2, 0) is 11.3 Å². The number of amides is 1. The molecule has 4 nitrogen and oxygen atoms in total. The van der Waals surface area contributed by atoms with Crippen molar-refractivity contribution in [2.75, 3.05) is 25.5 Å². The van der Waals surface area contributed by atoms with Crippen LogP contribution in [0.15, 0.2) is 42.5 Å². The number of likely N-dealkylation sites (N-methyl/N-ethyl adjacent to an activating group) is 1. The van der Waals surface area contributed by atoms with Gasteiger partial charge in [-0.15, -0.1) is 0 Å². The summed E-state index contributed by atoms with van der Waals surface area (Å²) < 4.78 is 5.69. The highest BCUT2D eigenvalue weighted by molar-refractivity contribution is 6.04. The third kappa shape index (κ3) is 6.47. The van der Waals surface area contributed by atoms with Gasteiger partial charge in [0.05, 0.1) is 6.10 Å². The summed E-state index contributed by atoms with van der Waals surface area (Å²) in [6.07, 6.45) is 2.71. The minimum absolute atomic E-state index is 0.0728. The monoisotopic (exact) mass is 382 g/mol. The summed E-state index contributed by atoms with van der Waals surface area (Å²) in [6, 6.07) is 13.9. The summed E-state index contributed by atoms with van der Waals surface area (Å²) in [5.74, 6) is -0.0728. The molecule has 0 saturated carbocycles. The van der Waals surface area contributed by atoms with Crippen LogP contribution in [0.25, 0.3) is 0 Å². The molecule has 0 spiro atoms. The molecular weight excluding hydrogens is 348 g/mol. The fourth-order valence-corrected chi connectivity index (χ4v) is 3.29. The number of anilines is 1. The zero-order valence-corrected chi connectivity index (χ0v) is 17.9. The van der Waals surface area contributed by atoms with Gasteiger partial charge < -0.3 is 10.1 Å². The van der Waals surface area contributed by atoms with Crippen molar-refractivity contribution in [2.24, 2.45) is 0 Å². The van der Waals surface area contributed by atoms with Gasteiger partial charge in [0.2, 0.25) is 0 Å². The van der Waals surface area contributed by atoms with Gasteiger partial charge >= 0.3 is 0 Å². The van der Waals surface area contributed by atoms with Gasteiger partial charge in [-0.2, -0.15) is 0 Å². The van der Waals surface area contributed by atoms with Crippen molar-refractivity contribution in [3.63, 3.8) is 0 Å². The van der Waals surface area contributed by atoms with Crippen LogP contribution in [0, 0.1) is 13.8 Å². The molecule has 1 heterocycles. The number of hydrogen-bond donors (Lipinski definition) is 1. The van der Waals surface area contributed by atoms with Crippen molar-refractivity contribution < 1.29 is 9.53 Å². The Hall–Kier alpha value is -2.17. The highest BCUT2D eigenvalue weighted by Gasteiger charge is 2.17. The zero-order valence-electron chi connectivity index (χ0n) is 17.9. The Morgan fingerprint density at radius 3 is 2.43 bits per heavy atom. The maximum atomic E-state index is 12.4. The second-order valence-electron chi connectivity index (χ2n) is 7.28. The molecule has 1 unspecified atom stereocenters. The molecule has 3 rings (SSSR count). The van der Waals surface area contributed by atoms with E-state index in [1.54, 1.807) is 0 Å². The van der Waals surface area contributed by atoms with Crippen LogP contribution in [0.5, 0.6) is 0 Å². The number of nitrogens with zero attached hydrogens (tertiary/aromatic N) is 1. The molecule has 0 aliphatic carbocycles. The van der Waals surface area contributed by atoms with Gasteiger partial charge in [-0.3, -0.25) is 9.69 Å². The lowest BCUT2D eigenvalue weighted by molar-refractivity contribution is 0.0793. The second kappa shape index (κ2) is 11.0. The van der Waals surface area contributed by atoms with Gasteiger partial charge in [0, 0.05) is 30.9 Å². The van der Waals surface area contributed by atoms with Crippen LogP contribution in [-0.4, -0.2) is 37.1 Å². The Morgan fingerprint density at radius 1 is 1.11 bits per heavy atom. The van der Waals surface area contributed by atoms with E-state index in [2.05, 4.69) is 29.4 Å². The molecule has 1 saturated heterocycles. The molecule has 1 amide bonds. The van der Waals surface area contributed by atoms with E-state index in [9.17, 15) is 4.79 Å². The number of rotatable bonds is 6. The average molecular weight is 383 g/mol. The lowest BCUT2D eigenvalue weighted by atomic mass is 10.1. The number of aryl methyl sites for hydroxylation is 2. The van der Waals surface area contributed by atoms with E-state index in [4.69, 9.17) is 4.74 Å². The molecule has 152 valence electrons. The first-order chi connectivity index (χ1) is 13.5. The zero-order chi connectivity index (χ0) is 20.5. The molecule has 0 aromatic heterocycles. The van der Waals surface area contributed by atoms with Crippen molar-refractivity contribution >= 4 is 11.6 Å². The van der Waals surface area contributed by atoms with E-state index in [1.807, 2.05) is 58.0 Å². The van der Waals surface area contributed by atoms with Crippen molar-refractivity contribution in [3.8, 4) is 0 Å². The largest absolute Gasteiger partial charge is 0.377 e. The molecule has 1 N–H and O–H groups in total. The van der Waals surface area contributed by atoms with E-state index < -0.39 is 0 Å². The number of hydrogen-bond acceptors (Lipinski definition) is 3. The van der Waals surface area contributed by atoms with E-state index in [0.717, 1.165) is 37.4 Å². The van der Waals surface area contributed by atoms with Gasteiger partial charge in [-0.25, -0.2) is 0 Å². The molecule has 2 aromatic carbocycles. The highest BCUT2D eigenvalue weighted by Crippen LogP contribution is 2.16. The Morgan fingerprint density at radius 2 is 1.82 bits per heavy atom. The minimum atomic E-state index is -0.0728. The number of nitrogens with one attached hydrogen (secondary N) is 1. The topological polar surface area (TPSA) is 41.6 Å². The SMILES string of the molecule is CC.Cc1ccc(C(=O)Nc2ccc(CN(C)CC3CCCO3)cc2)cc1C. The highest BCUT2D eigenvalue weighted by atomic mass is 16.5. The second-order valence-corrected chi connectivity index (χ2v) is 7.28. The third-order valence-corrected chi connectivity index (χ3v) is 4.97. The van der Waals surface area contributed by atoms with Crippen molar-refractivity contribution in [3.05, 3.63) is 64.7 Å². The van der Waals surface area contributed by atoms with E-state index in [-0.39, 0.29) is 5.91 Å². The molecule has 28 heavy (non-hydrogen) atoms. The summed E-state index contributed by atoms with van der Waals surface area (Å²) >= 11 is 0. The third-order valence-electron chi connectivity index (χ3n) is 4.97. The van der Waals surface area contributed by atoms with Crippen LogP contribution >= 0.6 is 0 Å². The summed E-state index contributed by atoms with van der Waals surface area (Å²) in [5, 5.41) is 2.97. The van der Waals surface area contributed by atoms with Crippen molar-refractivity contribution in [2.45, 2.75) is 53.2 Å². The number of ether oxygens (including phenoxy) is 1. The number of carbonyl (C=O) groups is 1. The maximum absolute atomic E-state index is 12.4. The molecular formula is C24H34N2O2. The summed E-state index contributed by atoms with van der Waals surface area (Å²) in [5.41, 5.74) is 5.06. The fourth-order valence-electron chi connectivity index (χ4n) is 3.29. The quantitative estimate of drug-likeness (QED) is 0.747. The lowest BCUT2D eigenvalue weighted by Gasteiger charge is -2.20. The normalized spacial score (nSPS) is 15.9. The molecule has 0 radical (unpaired) electrons. The van der Waals surface area contributed by atoms with Crippen LogP contribution in [0.4, 0.5) is 5.69 Å². The predicted octanol–water partition coefficient (Wildman–Crippen LogP) is 5.19. The fraction of sp³-hybridized carbons (Fsp3) is 0.458. The van der Waals surface area contributed by atoms with E-state index in [0.29, 0.717) is 11.7 Å². The van der Waals surface area contributed by atoms with Crippen molar-refractivity contribution in [1.82, 2.24) is 4.90 Å². The predicted molar refractivity (Wildman–Crippen MR) is 117 cm³/mol. The van der Waals surface area contributed by atoms with Gasteiger partial charge in [0.1, 0.15) is 0 Å². The maximum Gasteiger partial charge on any atom is 0.255 e. The van der Waals surface area contributed by atoms with Gasteiger partial charge in [0.15, 0.2) is 0 Å². The first-order valence-electron chi connectivity index (χ1n) is 10.3. The molecule has 0 bridgehead atoms. The summed E-state index contributed by atoms with van der Waals surface area (Å²) in [7, 11) is 2.12. The summed E-state index contributed by atoms with van der Waals surface area (Å²) in [4.78, 5) is 14.7. The Bertz CT molecular complexity index is 750. The molecule has 1 aliphatic heterocycles. The minimum Gasteiger partial charge on any atom is -0.377 e. The standard InChI is InChI=1S/C22H28N2O2.C2H6/c1-16-6-9-19(13-17(16)2)22(25)23-20-10-7-18(8-11-20)14-24(3)15-21-5-4-12-26-21;1-2/h6-11,13,21H,4-5,12,14-15H2,1-3H3,(H,23,25);1-2H3. The number of carbonyl (C=O) groups excluding carboxylic acids is 1. The van der Waals surface area contributed by atoms with Crippen LogP contribution in [0.1, 0.15) is 53.7 Å². The summed E-state index contributed by atoms with van der Waals surface area (Å²) in [6.45, 7) is 10.8. The van der Waals surface area contributed by atoms with Gasteiger partial charge in [-0.1, -0.05) is 32.0 Å². The Labute approximate surface area is 169 Å². The van der Waals surface area contributed by atoms with Crippen molar-refractivity contribution in [1.29, 1.82) is 0 Å². The molecule has 4 heteroatoms. The van der Waals surface area contributed by atoms with Crippen LogP contribution in [0.2, 0.25) is 0 Å². The Balaban J connectivity index is 0.00000136. The molecule has 2 aromatic rings. The molecule has 1 fully saturated rings. The average Bonchev–Trinajstić information content (AvgIpc) is 3.20.